The average Bonchev–Trinajstić information content (AvgIpc) is 2.27. The maximum atomic E-state index is 13.4. The first kappa shape index (κ1) is 15.0. The predicted octanol–water partition coefficient (Wildman–Crippen LogP) is 4.13. The van der Waals surface area contributed by atoms with Crippen LogP contribution in [-0.2, 0) is 0 Å². The van der Waals surface area contributed by atoms with Gasteiger partial charge in [-0.1, -0.05) is 33.3 Å². The van der Waals surface area contributed by atoms with Crippen molar-refractivity contribution in [3.05, 3.63) is 34.9 Å². The van der Waals surface area contributed by atoms with Crippen LogP contribution in [0.1, 0.15) is 50.8 Å². The average molecular weight is 230 g/mol. The monoisotopic (exact) mass is 230 g/mol. The van der Waals surface area contributed by atoms with Gasteiger partial charge in [-0.2, -0.15) is 0 Å². The van der Waals surface area contributed by atoms with Crippen LogP contribution in [0, 0.1) is 18.6 Å². The lowest BCUT2D eigenvalue weighted by atomic mass is 10.0. The molecule has 3 heteroatoms. The first-order chi connectivity index (χ1) is 7.57. The van der Waals surface area contributed by atoms with Gasteiger partial charge >= 0.3 is 0 Å². The van der Waals surface area contributed by atoms with E-state index in [9.17, 15) is 13.9 Å². The molecule has 1 rings (SSSR count). The SMILES string of the molecule is CC.CCCC(O)c1c(F)ccc(C)c1F. The molecule has 1 unspecified atom stereocenters. The van der Waals surface area contributed by atoms with E-state index in [1.165, 1.54) is 12.1 Å². The summed E-state index contributed by atoms with van der Waals surface area (Å²) >= 11 is 0. The number of rotatable bonds is 3. The summed E-state index contributed by atoms with van der Waals surface area (Å²) in [5, 5.41) is 9.53. The Morgan fingerprint density at radius 1 is 1.25 bits per heavy atom. The van der Waals surface area contributed by atoms with Crippen LogP contribution in [-0.4, -0.2) is 5.11 Å². The number of hydrogen-bond donors (Lipinski definition) is 1. The number of hydrogen-bond acceptors (Lipinski definition) is 1. The molecule has 0 saturated heterocycles. The standard InChI is InChI=1S/C11H14F2O.C2H6/c1-3-4-9(14)10-8(12)6-5-7(2)11(10)13;1-2/h5-6,9,14H,3-4H2,1-2H3;1-2H3. The second kappa shape index (κ2) is 7.34. The van der Waals surface area contributed by atoms with E-state index in [4.69, 9.17) is 0 Å². The molecule has 1 aromatic carbocycles. The molecule has 0 aromatic heterocycles. The summed E-state index contributed by atoms with van der Waals surface area (Å²) in [4.78, 5) is 0. The van der Waals surface area contributed by atoms with Crippen LogP contribution in [0.15, 0.2) is 12.1 Å². The predicted molar refractivity (Wildman–Crippen MR) is 62.3 cm³/mol. The fourth-order valence-corrected chi connectivity index (χ4v) is 1.40. The Bertz CT molecular complexity index is 324. The molecule has 0 fully saturated rings. The van der Waals surface area contributed by atoms with Crippen molar-refractivity contribution in [1.29, 1.82) is 0 Å². The minimum atomic E-state index is -1.04. The van der Waals surface area contributed by atoms with Crippen molar-refractivity contribution in [2.75, 3.05) is 0 Å². The molecule has 1 atom stereocenters. The summed E-state index contributed by atoms with van der Waals surface area (Å²) in [5.74, 6) is -1.31. The lowest BCUT2D eigenvalue weighted by Gasteiger charge is -2.12. The fraction of sp³-hybridized carbons (Fsp3) is 0.538. The Morgan fingerprint density at radius 3 is 2.31 bits per heavy atom. The third-order valence-electron chi connectivity index (χ3n) is 2.21. The molecule has 16 heavy (non-hydrogen) atoms. The van der Waals surface area contributed by atoms with Crippen molar-refractivity contribution in [2.45, 2.75) is 46.6 Å². The quantitative estimate of drug-likeness (QED) is 0.827. The Hall–Kier alpha value is -0.960. The number of aliphatic hydroxyl groups excluding tert-OH is 1. The van der Waals surface area contributed by atoms with Gasteiger partial charge in [0, 0.05) is 0 Å². The van der Waals surface area contributed by atoms with Crippen molar-refractivity contribution >= 4 is 0 Å². The zero-order valence-electron chi connectivity index (χ0n) is 10.3. The van der Waals surface area contributed by atoms with Crippen LogP contribution in [0.25, 0.3) is 0 Å². The van der Waals surface area contributed by atoms with Gasteiger partial charge in [0.25, 0.3) is 0 Å². The van der Waals surface area contributed by atoms with Crippen molar-refractivity contribution in [3.63, 3.8) is 0 Å². The van der Waals surface area contributed by atoms with Gasteiger partial charge in [0.1, 0.15) is 11.6 Å². The molecule has 0 saturated carbocycles. The van der Waals surface area contributed by atoms with Crippen LogP contribution in [0.2, 0.25) is 0 Å². The molecular formula is C13H20F2O. The largest absolute Gasteiger partial charge is 0.388 e. The molecule has 0 bridgehead atoms. The van der Waals surface area contributed by atoms with Crippen LogP contribution in [0.5, 0.6) is 0 Å². The van der Waals surface area contributed by atoms with E-state index in [1.54, 1.807) is 6.92 Å². The van der Waals surface area contributed by atoms with Gasteiger partial charge in [-0.15, -0.1) is 0 Å². The minimum Gasteiger partial charge on any atom is -0.388 e. The summed E-state index contributed by atoms with van der Waals surface area (Å²) in [5.41, 5.74) is 0.156. The molecule has 0 aliphatic rings. The highest BCUT2D eigenvalue weighted by Crippen LogP contribution is 2.25. The van der Waals surface area contributed by atoms with Crippen molar-refractivity contribution in [1.82, 2.24) is 0 Å². The topological polar surface area (TPSA) is 20.2 Å². The zero-order valence-corrected chi connectivity index (χ0v) is 10.3. The highest BCUT2D eigenvalue weighted by molar-refractivity contribution is 5.28. The Labute approximate surface area is 96.1 Å². The normalized spacial score (nSPS) is 11.7. The highest BCUT2D eigenvalue weighted by atomic mass is 19.1. The zero-order chi connectivity index (χ0) is 12.7. The summed E-state index contributed by atoms with van der Waals surface area (Å²) in [7, 11) is 0. The van der Waals surface area contributed by atoms with Gasteiger partial charge in [0.2, 0.25) is 0 Å². The van der Waals surface area contributed by atoms with E-state index in [-0.39, 0.29) is 5.56 Å². The molecule has 0 aliphatic carbocycles. The van der Waals surface area contributed by atoms with Crippen molar-refractivity contribution in [2.24, 2.45) is 0 Å². The van der Waals surface area contributed by atoms with E-state index < -0.39 is 17.7 Å². The molecule has 1 nitrogen and oxygen atoms in total. The summed E-state index contributed by atoms with van der Waals surface area (Å²) in [6, 6.07) is 2.56. The van der Waals surface area contributed by atoms with Crippen LogP contribution in [0.4, 0.5) is 8.78 Å². The number of aliphatic hydroxyl groups is 1. The number of benzene rings is 1. The Kier molecular flexibility index (Phi) is 6.90. The van der Waals surface area contributed by atoms with Gasteiger partial charge < -0.3 is 5.11 Å². The van der Waals surface area contributed by atoms with E-state index in [0.29, 0.717) is 18.4 Å². The first-order valence-electron chi connectivity index (χ1n) is 5.70. The second-order valence-corrected chi connectivity index (χ2v) is 3.40. The van der Waals surface area contributed by atoms with Crippen LogP contribution in [0.3, 0.4) is 0 Å². The lowest BCUT2D eigenvalue weighted by molar-refractivity contribution is 0.156. The summed E-state index contributed by atoms with van der Waals surface area (Å²) in [6.45, 7) is 7.41. The first-order valence-corrected chi connectivity index (χ1v) is 5.70. The van der Waals surface area contributed by atoms with Gasteiger partial charge in [0.15, 0.2) is 0 Å². The maximum Gasteiger partial charge on any atom is 0.134 e. The van der Waals surface area contributed by atoms with Gasteiger partial charge in [-0.3, -0.25) is 0 Å². The van der Waals surface area contributed by atoms with E-state index in [0.717, 1.165) is 0 Å². The summed E-state index contributed by atoms with van der Waals surface area (Å²) < 4.78 is 26.6. The molecule has 92 valence electrons. The molecule has 0 amide bonds. The van der Waals surface area contributed by atoms with Crippen molar-refractivity contribution < 1.29 is 13.9 Å². The second-order valence-electron chi connectivity index (χ2n) is 3.40. The third kappa shape index (κ3) is 3.56. The van der Waals surface area contributed by atoms with E-state index >= 15 is 0 Å². The Morgan fingerprint density at radius 2 is 1.81 bits per heavy atom. The van der Waals surface area contributed by atoms with E-state index in [1.807, 2.05) is 20.8 Å². The highest BCUT2D eigenvalue weighted by Gasteiger charge is 2.18. The van der Waals surface area contributed by atoms with Gasteiger partial charge in [-0.25, -0.2) is 8.78 Å². The van der Waals surface area contributed by atoms with Gasteiger partial charge in [0.05, 0.1) is 11.7 Å². The van der Waals surface area contributed by atoms with E-state index in [2.05, 4.69) is 0 Å². The molecule has 0 aliphatic heterocycles. The molecule has 0 radical (unpaired) electrons. The molecule has 1 aromatic rings. The maximum absolute atomic E-state index is 13.4. The molecule has 0 spiro atoms. The summed E-state index contributed by atoms with van der Waals surface area (Å²) in [6.07, 6.45) is 0.0190. The minimum absolute atomic E-state index is 0.202. The van der Waals surface area contributed by atoms with Gasteiger partial charge in [-0.05, 0) is 25.0 Å². The smallest absolute Gasteiger partial charge is 0.134 e. The lowest BCUT2D eigenvalue weighted by Crippen LogP contribution is -2.05. The van der Waals surface area contributed by atoms with Crippen molar-refractivity contribution in [3.8, 4) is 0 Å². The van der Waals surface area contributed by atoms with Crippen LogP contribution >= 0.6 is 0 Å². The number of aryl methyl sites for hydroxylation is 1. The number of halogens is 2. The third-order valence-corrected chi connectivity index (χ3v) is 2.21. The molecule has 0 heterocycles. The fourth-order valence-electron chi connectivity index (χ4n) is 1.40. The molecule has 1 N–H and O–H groups in total. The molecular weight excluding hydrogens is 210 g/mol. The van der Waals surface area contributed by atoms with Crippen LogP contribution < -0.4 is 0 Å². The Balaban J connectivity index is 0.00000106.